The van der Waals surface area contributed by atoms with Crippen molar-refractivity contribution in [2.24, 2.45) is 0 Å². The smallest absolute Gasteiger partial charge is 0.314 e. The van der Waals surface area contributed by atoms with Crippen LogP contribution in [0.2, 0.25) is 25.7 Å². The fraction of sp³-hybridized carbons (Fsp3) is 0.321. The predicted molar refractivity (Wildman–Crippen MR) is 154 cm³/mol. The van der Waals surface area contributed by atoms with E-state index in [0.717, 1.165) is 22.9 Å². The van der Waals surface area contributed by atoms with Gasteiger partial charge in [0.2, 0.25) is 0 Å². The molecule has 0 atom stereocenters. The van der Waals surface area contributed by atoms with E-state index in [9.17, 15) is 9.59 Å². The molecule has 1 radical (unpaired) electrons. The van der Waals surface area contributed by atoms with Crippen LogP contribution in [-0.2, 0) is 51.2 Å². The molecule has 0 aliphatic heterocycles. The van der Waals surface area contributed by atoms with Gasteiger partial charge in [-0.05, 0) is 30.2 Å². The van der Waals surface area contributed by atoms with Crippen LogP contribution in [-0.4, -0.2) is 51.1 Å². The van der Waals surface area contributed by atoms with Gasteiger partial charge in [0.05, 0.1) is 41.2 Å². The Morgan fingerprint density at radius 1 is 1.05 bits per heavy atom. The van der Waals surface area contributed by atoms with Crippen LogP contribution < -0.4 is 11.1 Å². The molecule has 0 saturated carbocycles. The summed E-state index contributed by atoms with van der Waals surface area (Å²) in [5.74, 6) is -1.20. The summed E-state index contributed by atoms with van der Waals surface area (Å²) in [6.07, 6.45) is 4.70. The van der Waals surface area contributed by atoms with E-state index in [0.29, 0.717) is 23.2 Å². The number of nitrogens with zero attached hydrogens (tertiary/aromatic N) is 5. The number of nitrogens with one attached hydrogen (secondary N) is 1. The van der Waals surface area contributed by atoms with Crippen molar-refractivity contribution in [3.63, 3.8) is 0 Å². The van der Waals surface area contributed by atoms with E-state index in [4.69, 9.17) is 10.5 Å². The second kappa shape index (κ2) is 13.7. The molecule has 0 spiro atoms. The summed E-state index contributed by atoms with van der Waals surface area (Å²) in [5.41, 5.74) is 9.52. The number of ether oxygens (including phenoxy) is 1. The van der Waals surface area contributed by atoms with Crippen molar-refractivity contribution in [3.8, 4) is 0 Å². The van der Waals surface area contributed by atoms with Gasteiger partial charge in [-0.15, -0.1) is 0 Å². The molecule has 0 saturated heterocycles. The minimum atomic E-state index is -1.25. The molecule has 3 N–H and O–H groups in total. The van der Waals surface area contributed by atoms with Crippen molar-refractivity contribution in [1.29, 1.82) is 0 Å². The SMILES string of the molecule is Cc1cccnc1CN(Cc1ccccc1)C(=O)C(=O)Nc1cnc(N)c2cnn(COCC[Si](C)(C)C)c12.[Cu]. The van der Waals surface area contributed by atoms with Crippen molar-refractivity contribution in [1.82, 2.24) is 24.6 Å². The molecule has 0 aliphatic rings. The number of pyridine rings is 2. The third kappa shape index (κ3) is 7.98. The van der Waals surface area contributed by atoms with Crippen molar-refractivity contribution >= 4 is 42.3 Å². The van der Waals surface area contributed by atoms with Crippen molar-refractivity contribution in [3.05, 3.63) is 77.9 Å². The molecule has 10 nitrogen and oxygen atoms in total. The van der Waals surface area contributed by atoms with Crippen molar-refractivity contribution < 1.29 is 31.4 Å². The third-order valence-electron chi connectivity index (χ3n) is 6.32. The summed E-state index contributed by atoms with van der Waals surface area (Å²) >= 11 is 0. The van der Waals surface area contributed by atoms with Crippen LogP contribution >= 0.6 is 0 Å². The van der Waals surface area contributed by atoms with E-state index in [1.54, 1.807) is 17.1 Å². The number of carbonyl (C=O) groups is 2. The van der Waals surface area contributed by atoms with E-state index in [1.807, 2.05) is 49.4 Å². The maximum absolute atomic E-state index is 13.5. The Kier molecular flexibility index (Phi) is 10.6. The quantitative estimate of drug-likeness (QED) is 0.157. The first-order chi connectivity index (χ1) is 18.6. The molecule has 215 valence electrons. The number of fused-ring (bicyclic) bond motifs is 1. The van der Waals surface area contributed by atoms with Gasteiger partial charge in [0.15, 0.2) is 0 Å². The fourth-order valence-electron chi connectivity index (χ4n) is 4.03. The number of nitrogens with two attached hydrogens (primary N) is 1. The number of nitrogen functional groups attached to an aromatic ring is 1. The maximum Gasteiger partial charge on any atom is 0.314 e. The summed E-state index contributed by atoms with van der Waals surface area (Å²) in [5, 5.41) is 7.70. The van der Waals surface area contributed by atoms with Gasteiger partial charge in [0.1, 0.15) is 12.5 Å². The number of anilines is 2. The Morgan fingerprint density at radius 2 is 1.80 bits per heavy atom. The average Bonchev–Trinajstić information content (AvgIpc) is 3.34. The second-order valence-corrected chi connectivity index (χ2v) is 16.3. The van der Waals surface area contributed by atoms with Crippen molar-refractivity contribution in [2.45, 2.75) is 52.4 Å². The zero-order chi connectivity index (χ0) is 28.0. The van der Waals surface area contributed by atoms with Gasteiger partial charge in [-0.2, -0.15) is 5.10 Å². The van der Waals surface area contributed by atoms with E-state index >= 15 is 0 Å². The summed E-state index contributed by atoms with van der Waals surface area (Å²) < 4.78 is 7.49. The molecule has 3 heterocycles. The number of benzene rings is 1. The topological polar surface area (TPSA) is 128 Å². The first kappa shape index (κ1) is 31.0. The van der Waals surface area contributed by atoms with Crippen molar-refractivity contribution in [2.75, 3.05) is 17.7 Å². The number of aryl methyl sites for hydroxylation is 1. The van der Waals surface area contributed by atoms with Crippen LogP contribution in [0.25, 0.3) is 10.9 Å². The van der Waals surface area contributed by atoms with Crippen LogP contribution in [0.4, 0.5) is 11.5 Å². The van der Waals surface area contributed by atoms with Gasteiger partial charge in [-0.3, -0.25) is 14.6 Å². The Hall–Kier alpha value is -3.57. The first-order valence-corrected chi connectivity index (χ1v) is 16.6. The molecule has 4 aromatic rings. The van der Waals surface area contributed by atoms with Gasteiger partial charge < -0.3 is 20.7 Å². The molecule has 0 fully saturated rings. The van der Waals surface area contributed by atoms with Crippen LogP contribution in [0.5, 0.6) is 0 Å². The summed E-state index contributed by atoms with van der Waals surface area (Å²) in [6, 6.07) is 14.3. The van der Waals surface area contributed by atoms with Gasteiger partial charge in [0, 0.05) is 44.5 Å². The molecule has 1 aromatic carbocycles. The maximum atomic E-state index is 13.5. The molecule has 4 rings (SSSR count). The normalized spacial score (nSPS) is 11.2. The molecule has 0 unspecified atom stereocenters. The van der Waals surface area contributed by atoms with Gasteiger partial charge in [-0.25, -0.2) is 9.67 Å². The predicted octanol–water partition coefficient (Wildman–Crippen LogP) is 4.19. The monoisotopic (exact) mass is 608 g/mol. The number of hydrogen-bond donors (Lipinski definition) is 2. The minimum absolute atomic E-state index is 0. The number of hydrogen-bond acceptors (Lipinski definition) is 7. The number of amides is 2. The van der Waals surface area contributed by atoms with Crippen LogP contribution in [0.15, 0.2) is 61.1 Å². The van der Waals surface area contributed by atoms with E-state index in [1.165, 1.54) is 11.1 Å². The largest absolute Gasteiger partial charge is 0.383 e. The molecule has 0 bridgehead atoms. The van der Waals surface area contributed by atoms with Crippen LogP contribution in [0.3, 0.4) is 0 Å². The van der Waals surface area contributed by atoms with Gasteiger partial charge in [-0.1, -0.05) is 56.0 Å². The standard InChI is InChI=1S/C28H35N7O3Si.Cu/c1-20-9-8-12-30-24(20)18-34(17-21-10-6-5-7-11-21)28(37)27(36)33-23-16-31-26(29)22-15-32-35(25(22)23)19-38-13-14-39(2,3)4;/h5-12,15-16H,13-14,17-19H2,1-4H3,(H2,29,31)(H,33,36);. The molecular formula is C28H35CuN7O3Si. The molecule has 3 aromatic heterocycles. The Morgan fingerprint density at radius 3 is 2.50 bits per heavy atom. The summed E-state index contributed by atoms with van der Waals surface area (Å²) in [7, 11) is -1.25. The number of rotatable bonds is 10. The van der Waals surface area contributed by atoms with Crippen LogP contribution in [0, 0.1) is 6.92 Å². The molecule has 12 heteroatoms. The molecule has 40 heavy (non-hydrogen) atoms. The minimum Gasteiger partial charge on any atom is -0.383 e. The number of carbonyl (C=O) groups excluding carboxylic acids is 2. The molecule has 0 aliphatic carbocycles. The Labute approximate surface area is 245 Å². The molecule has 2 amide bonds. The summed E-state index contributed by atoms with van der Waals surface area (Å²) in [6.45, 7) is 10.0. The van der Waals surface area contributed by atoms with Crippen LogP contribution in [0.1, 0.15) is 16.8 Å². The first-order valence-electron chi connectivity index (χ1n) is 12.8. The van der Waals surface area contributed by atoms with E-state index < -0.39 is 19.9 Å². The van der Waals surface area contributed by atoms with E-state index in [-0.39, 0.29) is 42.7 Å². The van der Waals surface area contributed by atoms with Gasteiger partial charge >= 0.3 is 11.8 Å². The second-order valence-electron chi connectivity index (χ2n) is 10.7. The third-order valence-corrected chi connectivity index (χ3v) is 8.02. The Bertz CT molecular complexity index is 1460. The average molecular weight is 609 g/mol. The summed E-state index contributed by atoms with van der Waals surface area (Å²) in [4.78, 5) is 36.9. The zero-order valence-electron chi connectivity index (χ0n) is 23.1. The Balaban J connectivity index is 0.00000441. The zero-order valence-corrected chi connectivity index (χ0v) is 25.1. The molecular weight excluding hydrogens is 574 g/mol. The fourth-order valence-corrected chi connectivity index (χ4v) is 4.78. The van der Waals surface area contributed by atoms with E-state index in [2.05, 4.69) is 40.0 Å². The number of aromatic nitrogens is 4. The van der Waals surface area contributed by atoms with Gasteiger partial charge in [0.25, 0.3) is 0 Å².